The minimum atomic E-state index is -0.836. The molecule has 5 heteroatoms. The van der Waals surface area contributed by atoms with E-state index in [1.807, 2.05) is 6.92 Å². The number of benzene rings is 1. The molecule has 0 bridgehead atoms. The van der Waals surface area contributed by atoms with E-state index >= 15 is 0 Å². The van der Waals surface area contributed by atoms with Gasteiger partial charge >= 0.3 is 0 Å². The Labute approximate surface area is 125 Å². The second-order valence-corrected chi connectivity index (χ2v) is 5.58. The molecular weight excluding hydrogens is 279 g/mol. The number of nitrogens with one attached hydrogen (secondary N) is 1. The molecule has 1 aromatic rings. The number of amides is 1. The molecule has 3 nitrogen and oxygen atoms in total. The topological polar surface area (TPSA) is 55.1 Å². The number of carbonyl (C=O) groups excluding carboxylic acids is 1. The van der Waals surface area contributed by atoms with Crippen LogP contribution in [-0.2, 0) is 11.2 Å². The van der Waals surface area contributed by atoms with Gasteiger partial charge < -0.3 is 11.1 Å². The largest absolute Gasteiger partial charge is 0.348 e. The molecule has 0 heterocycles. The first-order valence-corrected chi connectivity index (χ1v) is 6.82. The maximum Gasteiger partial charge on any atom is 0.240 e. The van der Waals surface area contributed by atoms with Crippen LogP contribution in [0.1, 0.15) is 50.3 Å². The maximum absolute atomic E-state index is 13.1. The zero-order chi connectivity index (χ0) is 14.0. The summed E-state index contributed by atoms with van der Waals surface area (Å²) in [5, 5.41) is 2.99. The molecule has 0 spiro atoms. The lowest BCUT2D eigenvalue weighted by atomic mass is 9.95. The van der Waals surface area contributed by atoms with Crippen LogP contribution in [0.3, 0.4) is 0 Å². The SMILES string of the molecule is CCCC(C)(N)C(=O)NC1CCc2cc(F)ccc21.Cl. The van der Waals surface area contributed by atoms with Crippen LogP contribution in [0.25, 0.3) is 0 Å². The van der Waals surface area contributed by atoms with Crippen LogP contribution in [0.5, 0.6) is 0 Å². The van der Waals surface area contributed by atoms with E-state index in [0.29, 0.717) is 6.42 Å². The summed E-state index contributed by atoms with van der Waals surface area (Å²) < 4.78 is 13.1. The predicted molar refractivity (Wildman–Crippen MR) is 80.4 cm³/mol. The van der Waals surface area contributed by atoms with Gasteiger partial charge in [0.25, 0.3) is 0 Å². The number of halogens is 2. The van der Waals surface area contributed by atoms with Crippen molar-refractivity contribution in [1.82, 2.24) is 5.32 Å². The molecule has 0 saturated heterocycles. The molecule has 3 N–H and O–H groups in total. The normalized spacial score (nSPS) is 19.7. The average molecular weight is 301 g/mol. The summed E-state index contributed by atoms with van der Waals surface area (Å²) >= 11 is 0. The van der Waals surface area contributed by atoms with Gasteiger partial charge in [-0.25, -0.2) is 4.39 Å². The van der Waals surface area contributed by atoms with Crippen LogP contribution in [0.15, 0.2) is 18.2 Å². The van der Waals surface area contributed by atoms with E-state index in [0.717, 1.165) is 30.4 Å². The third kappa shape index (κ3) is 3.49. The lowest BCUT2D eigenvalue weighted by Gasteiger charge is -2.25. The maximum atomic E-state index is 13.1. The van der Waals surface area contributed by atoms with Crippen molar-refractivity contribution in [1.29, 1.82) is 0 Å². The van der Waals surface area contributed by atoms with Gasteiger partial charge in [0.1, 0.15) is 5.82 Å². The fourth-order valence-corrected chi connectivity index (χ4v) is 2.69. The summed E-state index contributed by atoms with van der Waals surface area (Å²) in [6, 6.07) is 4.71. The lowest BCUT2D eigenvalue weighted by molar-refractivity contribution is -0.126. The third-order valence-corrected chi connectivity index (χ3v) is 3.78. The second-order valence-electron chi connectivity index (χ2n) is 5.58. The monoisotopic (exact) mass is 300 g/mol. The molecular formula is C15H22ClFN2O. The van der Waals surface area contributed by atoms with Crippen molar-refractivity contribution in [3.8, 4) is 0 Å². The van der Waals surface area contributed by atoms with Gasteiger partial charge in [0.05, 0.1) is 11.6 Å². The Morgan fingerprint density at radius 2 is 2.25 bits per heavy atom. The van der Waals surface area contributed by atoms with Crippen molar-refractivity contribution >= 4 is 18.3 Å². The highest BCUT2D eigenvalue weighted by atomic mass is 35.5. The number of fused-ring (bicyclic) bond motifs is 1. The Morgan fingerprint density at radius 3 is 2.90 bits per heavy atom. The van der Waals surface area contributed by atoms with Gasteiger partial charge in [-0.1, -0.05) is 19.4 Å². The van der Waals surface area contributed by atoms with Crippen LogP contribution in [0, 0.1) is 5.82 Å². The first-order chi connectivity index (χ1) is 8.94. The molecule has 1 amide bonds. The average Bonchev–Trinajstić information content (AvgIpc) is 2.71. The molecule has 0 aromatic heterocycles. The molecule has 2 unspecified atom stereocenters. The predicted octanol–water partition coefficient (Wildman–Crippen LogP) is 2.87. The van der Waals surface area contributed by atoms with Gasteiger partial charge in [-0.3, -0.25) is 4.79 Å². The van der Waals surface area contributed by atoms with Crippen molar-refractivity contribution in [3.05, 3.63) is 35.1 Å². The summed E-state index contributed by atoms with van der Waals surface area (Å²) in [6.45, 7) is 3.76. The van der Waals surface area contributed by atoms with Crippen molar-refractivity contribution in [3.63, 3.8) is 0 Å². The molecule has 1 aromatic carbocycles. The molecule has 0 fully saturated rings. The Hall–Kier alpha value is -1.13. The van der Waals surface area contributed by atoms with Gasteiger partial charge in [-0.2, -0.15) is 0 Å². The van der Waals surface area contributed by atoms with E-state index in [9.17, 15) is 9.18 Å². The molecule has 0 aliphatic heterocycles. The fourth-order valence-electron chi connectivity index (χ4n) is 2.69. The first-order valence-electron chi connectivity index (χ1n) is 6.82. The minimum Gasteiger partial charge on any atom is -0.348 e. The summed E-state index contributed by atoms with van der Waals surface area (Å²) in [6.07, 6.45) is 3.13. The molecule has 2 rings (SSSR count). The summed E-state index contributed by atoms with van der Waals surface area (Å²) in [4.78, 5) is 12.2. The molecule has 0 radical (unpaired) electrons. The number of nitrogens with two attached hydrogens (primary N) is 1. The standard InChI is InChI=1S/C15H21FN2O.ClH/c1-3-8-15(2,17)14(19)18-13-7-4-10-9-11(16)5-6-12(10)13;/h5-6,9,13H,3-4,7-8,17H2,1-2H3,(H,18,19);1H. The Bertz CT molecular complexity index is 491. The number of rotatable bonds is 4. The highest BCUT2D eigenvalue weighted by Gasteiger charge is 2.31. The molecule has 1 aliphatic carbocycles. The molecule has 0 saturated carbocycles. The molecule has 20 heavy (non-hydrogen) atoms. The van der Waals surface area contributed by atoms with Crippen LogP contribution >= 0.6 is 12.4 Å². The van der Waals surface area contributed by atoms with E-state index in [1.165, 1.54) is 6.07 Å². The minimum absolute atomic E-state index is 0. The van der Waals surface area contributed by atoms with E-state index in [1.54, 1.807) is 19.1 Å². The Kier molecular flexibility index (Phi) is 5.54. The Balaban J connectivity index is 0.00000200. The van der Waals surface area contributed by atoms with Gasteiger partial charge in [0, 0.05) is 0 Å². The van der Waals surface area contributed by atoms with Gasteiger partial charge in [0.15, 0.2) is 0 Å². The summed E-state index contributed by atoms with van der Waals surface area (Å²) in [5.74, 6) is -0.350. The third-order valence-electron chi connectivity index (χ3n) is 3.78. The summed E-state index contributed by atoms with van der Waals surface area (Å²) in [7, 11) is 0. The summed E-state index contributed by atoms with van der Waals surface area (Å²) in [5.41, 5.74) is 7.19. The van der Waals surface area contributed by atoms with Crippen molar-refractivity contribution in [2.24, 2.45) is 5.73 Å². The fraction of sp³-hybridized carbons (Fsp3) is 0.533. The van der Waals surface area contributed by atoms with Gasteiger partial charge in [-0.05, 0) is 49.4 Å². The van der Waals surface area contributed by atoms with Crippen molar-refractivity contribution in [2.75, 3.05) is 0 Å². The zero-order valence-electron chi connectivity index (χ0n) is 11.9. The molecule has 112 valence electrons. The van der Waals surface area contributed by atoms with E-state index in [4.69, 9.17) is 5.73 Å². The molecule has 1 aliphatic rings. The zero-order valence-corrected chi connectivity index (χ0v) is 12.7. The van der Waals surface area contributed by atoms with Crippen molar-refractivity contribution < 1.29 is 9.18 Å². The van der Waals surface area contributed by atoms with E-state index in [-0.39, 0.29) is 30.2 Å². The van der Waals surface area contributed by atoms with Gasteiger partial charge in [-0.15, -0.1) is 12.4 Å². The van der Waals surface area contributed by atoms with Crippen LogP contribution < -0.4 is 11.1 Å². The first kappa shape index (κ1) is 16.9. The highest BCUT2D eigenvalue weighted by molar-refractivity contribution is 5.86. The number of aryl methyl sites for hydroxylation is 1. The van der Waals surface area contributed by atoms with E-state index < -0.39 is 5.54 Å². The lowest BCUT2D eigenvalue weighted by Crippen LogP contribution is -2.52. The highest BCUT2D eigenvalue weighted by Crippen LogP contribution is 2.31. The van der Waals surface area contributed by atoms with Crippen LogP contribution in [0.4, 0.5) is 4.39 Å². The van der Waals surface area contributed by atoms with Crippen LogP contribution in [0.2, 0.25) is 0 Å². The second kappa shape index (κ2) is 6.55. The number of hydrogen-bond acceptors (Lipinski definition) is 2. The van der Waals surface area contributed by atoms with Crippen molar-refractivity contribution in [2.45, 2.75) is 51.1 Å². The Morgan fingerprint density at radius 1 is 1.55 bits per heavy atom. The number of carbonyl (C=O) groups is 1. The quantitative estimate of drug-likeness (QED) is 0.898. The van der Waals surface area contributed by atoms with E-state index in [2.05, 4.69) is 5.32 Å². The van der Waals surface area contributed by atoms with Crippen LogP contribution in [-0.4, -0.2) is 11.4 Å². The number of hydrogen-bond donors (Lipinski definition) is 2. The smallest absolute Gasteiger partial charge is 0.240 e. The van der Waals surface area contributed by atoms with Gasteiger partial charge in [0.2, 0.25) is 5.91 Å². The molecule has 2 atom stereocenters.